The minimum Gasteiger partial charge on any atom is -0.497 e. The molecule has 3 aromatic rings. The van der Waals surface area contributed by atoms with Crippen molar-refractivity contribution >= 4 is 22.3 Å². The lowest BCUT2D eigenvalue weighted by Crippen LogP contribution is -2.05. The number of thiazole rings is 1. The summed E-state index contributed by atoms with van der Waals surface area (Å²) in [6.07, 6.45) is 0. The Hall–Kier alpha value is -2.54. The number of hydrogen-bond donors (Lipinski definition) is 1. The maximum absolute atomic E-state index is 11.7. The highest BCUT2D eigenvalue weighted by Crippen LogP contribution is 2.39. The predicted octanol–water partition coefficient (Wildman–Crippen LogP) is 3.40. The van der Waals surface area contributed by atoms with Gasteiger partial charge in [0.15, 0.2) is 10.7 Å². The normalized spacial score (nSPS) is 11.0. The van der Waals surface area contributed by atoms with Crippen molar-refractivity contribution in [3.8, 4) is 22.8 Å². The lowest BCUT2D eigenvalue weighted by Gasteiger charge is -2.11. The Morgan fingerprint density at radius 3 is 2.61 bits per heavy atom. The largest absolute Gasteiger partial charge is 0.497 e. The van der Waals surface area contributed by atoms with E-state index in [1.165, 1.54) is 11.3 Å². The fourth-order valence-electron chi connectivity index (χ4n) is 2.68. The summed E-state index contributed by atoms with van der Waals surface area (Å²) in [5.41, 5.74) is 2.20. The number of aryl methyl sites for hydroxylation is 2. The molecule has 0 saturated heterocycles. The van der Waals surface area contributed by atoms with Crippen LogP contribution in [0.15, 0.2) is 18.2 Å². The average Bonchev–Trinajstić information content (AvgIpc) is 2.98. The van der Waals surface area contributed by atoms with E-state index in [-0.39, 0.29) is 5.69 Å². The number of hydrogen-bond acceptors (Lipinski definition) is 5. The lowest BCUT2D eigenvalue weighted by molar-refractivity contribution is 0.0688. The van der Waals surface area contributed by atoms with Crippen LogP contribution in [-0.2, 0) is 0 Å². The maximum atomic E-state index is 11.7. The molecule has 1 aromatic carbocycles. The topological polar surface area (TPSA) is 73.1 Å². The van der Waals surface area contributed by atoms with Crippen molar-refractivity contribution in [2.24, 2.45) is 0 Å². The first-order valence-corrected chi connectivity index (χ1v) is 7.73. The maximum Gasteiger partial charge on any atom is 0.354 e. The average molecular weight is 332 g/mol. The van der Waals surface area contributed by atoms with E-state index in [9.17, 15) is 9.90 Å². The number of methoxy groups -OCH3 is 2. The van der Waals surface area contributed by atoms with Crippen LogP contribution in [-0.4, -0.2) is 34.7 Å². The van der Waals surface area contributed by atoms with Gasteiger partial charge in [0.2, 0.25) is 0 Å². The highest BCUT2D eigenvalue weighted by molar-refractivity contribution is 7.17. The Bertz CT molecular complexity index is 911. The molecule has 2 heterocycles. The summed E-state index contributed by atoms with van der Waals surface area (Å²) in [7, 11) is 3.17. The van der Waals surface area contributed by atoms with Gasteiger partial charge in [0, 0.05) is 10.4 Å². The summed E-state index contributed by atoms with van der Waals surface area (Å²) in [5.74, 6) is 0.320. The fourth-order valence-corrected chi connectivity index (χ4v) is 3.71. The molecule has 0 saturated carbocycles. The zero-order valence-corrected chi connectivity index (χ0v) is 14.0. The van der Waals surface area contributed by atoms with Crippen LogP contribution in [0.25, 0.3) is 16.2 Å². The smallest absolute Gasteiger partial charge is 0.354 e. The summed E-state index contributed by atoms with van der Waals surface area (Å²) in [4.78, 5) is 17.6. The molecule has 1 N–H and O–H groups in total. The van der Waals surface area contributed by atoms with Crippen LogP contribution >= 0.6 is 11.3 Å². The van der Waals surface area contributed by atoms with Gasteiger partial charge in [-0.15, -0.1) is 11.3 Å². The molecule has 6 nitrogen and oxygen atoms in total. The molecule has 0 atom stereocenters. The standard InChI is InChI=1S/C16H16N2O4S/c1-8-13(15(19)20)18-14(9(2)23-16(18)17-8)11-7-10(21-3)5-6-12(11)22-4/h5-7H,1-4H3,(H,19,20). The molecule has 0 amide bonds. The van der Waals surface area contributed by atoms with Crippen molar-refractivity contribution in [2.45, 2.75) is 13.8 Å². The molecule has 7 heteroatoms. The Kier molecular flexibility index (Phi) is 3.73. The summed E-state index contributed by atoms with van der Waals surface area (Å²) in [6.45, 7) is 3.64. The second-order valence-electron chi connectivity index (χ2n) is 5.04. The second kappa shape index (κ2) is 5.58. The van der Waals surface area contributed by atoms with Crippen molar-refractivity contribution in [3.63, 3.8) is 0 Å². The van der Waals surface area contributed by atoms with Crippen LogP contribution in [0.2, 0.25) is 0 Å². The van der Waals surface area contributed by atoms with Gasteiger partial charge in [-0.25, -0.2) is 9.78 Å². The fraction of sp³-hybridized carbons (Fsp3) is 0.250. The van der Waals surface area contributed by atoms with Crippen LogP contribution in [0.3, 0.4) is 0 Å². The summed E-state index contributed by atoms with van der Waals surface area (Å²) < 4.78 is 12.4. The van der Waals surface area contributed by atoms with E-state index in [4.69, 9.17) is 9.47 Å². The van der Waals surface area contributed by atoms with Crippen LogP contribution in [0.4, 0.5) is 0 Å². The Balaban J connectivity index is 2.40. The molecular weight excluding hydrogens is 316 g/mol. The SMILES string of the molecule is COc1ccc(OC)c(-c2c(C)sc3nc(C)c(C(=O)O)n23)c1. The van der Waals surface area contributed by atoms with E-state index < -0.39 is 5.97 Å². The molecule has 3 rings (SSSR count). The minimum absolute atomic E-state index is 0.171. The van der Waals surface area contributed by atoms with E-state index in [2.05, 4.69) is 4.98 Å². The third-order valence-corrected chi connectivity index (χ3v) is 4.64. The van der Waals surface area contributed by atoms with Crippen molar-refractivity contribution in [3.05, 3.63) is 34.5 Å². The number of ether oxygens (including phenoxy) is 2. The molecule has 0 aliphatic carbocycles. The van der Waals surface area contributed by atoms with E-state index in [1.807, 2.05) is 13.0 Å². The molecule has 2 aromatic heterocycles. The number of aromatic carboxylic acids is 1. The van der Waals surface area contributed by atoms with Gasteiger partial charge in [-0.1, -0.05) is 0 Å². The molecule has 0 bridgehead atoms. The van der Waals surface area contributed by atoms with Crippen molar-refractivity contribution in [2.75, 3.05) is 14.2 Å². The van der Waals surface area contributed by atoms with Gasteiger partial charge in [0.05, 0.1) is 25.6 Å². The van der Waals surface area contributed by atoms with E-state index in [0.717, 1.165) is 16.1 Å². The number of aromatic nitrogens is 2. The second-order valence-corrected chi connectivity index (χ2v) is 6.22. The number of imidazole rings is 1. The Morgan fingerprint density at radius 2 is 2.00 bits per heavy atom. The van der Waals surface area contributed by atoms with Crippen molar-refractivity contribution < 1.29 is 19.4 Å². The van der Waals surface area contributed by atoms with Crippen molar-refractivity contribution in [1.82, 2.24) is 9.38 Å². The summed E-state index contributed by atoms with van der Waals surface area (Å²) in [5, 5.41) is 9.55. The van der Waals surface area contributed by atoms with Gasteiger partial charge in [-0.2, -0.15) is 0 Å². The molecule has 120 valence electrons. The van der Waals surface area contributed by atoms with Crippen molar-refractivity contribution in [1.29, 1.82) is 0 Å². The Morgan fingerprint density at radius 1 is 1.26 bits per heavy atom. The highest BCUT2D eigenvalue weighted by Gasteiger charge is 2.24. The quantitative estimate of drug-likeness (QED) is 0.793. The van der Waals surface area contributed by atoms with Crippen LogP contribution < -0.4 is 9.47 Å². The number of carboxylic acids is 1. The number of fused-ring (bicyclic) bond motifs is 1. The molecule has 0 aliphatic heterocycles. The molecule has 0 aliphatic rings. The molecule has 0 spiro atoms. The number of nitrogens with zero attached hydrogens (tertiary/aromatic N) is 2. The van der Waals surface area contributed by atoms with Crippen LogP contribution in [0.1, 0.15) is 21.1 Å². The predicted molar refractivity (Wildman–Crippen MR) is 88.0 cm³/mol. The van der Waals surface area contributed by atoms with Gasteiger partial charge in [0.25, 0.3) is 0 Å². The monoisotopic (exact) mass is 332 g/mol. The highest BCUT2D eigenvalue weighted by atomic mass is 32.1. The first kappa shape index (κ1) is 15.4. The third kappa shape index (κ3) is 2.33. The van der Waals surface area contributed by atoms with E-state index in [1.54, 1.807) is 37.7 Å². The molecule has 0 unspecified atom stereocenters. The Labute approximate surface area is 136 Å². The lowest BCUT2D eigenvalue weighted by atomic mass is 10.1. The molecule has 0 fully saturated rings. The number of benzene rings is 1. The first-order chi connectivity index (χ1) is 11.0. The number of rotatable bonds is 4. The van der Waals surface area contributed by atoms with Gasteiger partial charge in [-0.3, -0.25) is 4.40 Å². The first-order valence-electron chi connectivity index (χ1n) is 6.92. The van der Waals surface area contributed by atoms with E-state index in [0.29, 0.717) is 22.2 Å². The van der Waals surface area contributed by atoms with Crippen LogP contribution in [0.5, 0.6) is 11.5 Å². The zero-order valence-electron chi connectivity index (χ0n) is 13.2. The van der Waals surface area contributed by atoms with Gasteiger partial charge < -0.3 is 14.6 Å². The van der Waals surface area contributed by atoms with Crippen LogP contribution in [0, 0.1) is 13.8 Å². The summed E-state index contributed by atoms with van der Waals surface area (Å²) >= 11 is 1.45. The number of carboxylic acid groups (broad SMARTS) is 1. The number of carbonyl (C=O) groups is 1. The van der Waals surface area contributed by atoms with Gasteiger partial charge in [-0.05, 0) is 32.0 Å². The minimum atomic E-state index is -1.00. The van der Waals surface area contributed by atoms with Gasteiger partial charge >= 0.3 is 5.97 Å². The van der Waals surface area contributed by atoms with E-state index >= 15 is 0 Å². The molecule has 0 radical (unpaired) electrons. The zero-order chi connectivity index (χ0) is 16.7. The summed E-state index contributed by atoms with van der Waals surface area (Å²) in [6, 6.07) is 5.45. The molecular formula is C16H16N2O4S. The molecule has 23 heavy (non-hydrogen) atoms. The van der Waals surface area contributed by atoms with Gasteiger partial charge in [0.1, 0.15) is 11.5 Å². The third-order valence-electron chi connectivity index (χ3n) is 3.69.